The number of carbonyl (C=O) groups is 2. The summed E-state index contributed by atoms with van der Waals surface area (Å²) in [5.41, 5.74) is 2.49. The average Bonchev–Trinajstić information content (AvgIpc) is 3.02. The minimum Gasteiger partial charge on any atom is -0.369 e. The van der Waals surface area contributed by atoms with Crippen molar-refractivity contribution in [2.75, 3.05) is 13.2 Å². The Bertz CT molecular complexity index is 1060. The fourth-order valence-corrected chi connectivity index (χ4v) is 5.89. The van der Waals surface area contributed by atoms with E-state index in [0.29, 0.717) is 37.0 Å². The van der Waals surface area contributed by atoms with E-state index in [0.717, 1.165) is 30.4 Å². The summed E-state index contributed by atoms with van der Waals surface area (Å²) in [5.74, 6) is -0.350. The highest BCUT2D eigenvalue weighted by molar-refractivity contribution is 5.81. The first-order valence-electron chi connectivity index (χ1n) is 11.5. The minimum absolute atomic E-state index is 0.0252. The summed E-state index contributed by atoms with van der Waals surface area (Å²) in [6.07, 6.45) is 3.84. The number of fused-ring (bicyclic) bond motifs is 6. The molecule has 2 fully saturated rings. The summed E-state index contributed by atoms with van der Waals surface area (Å²) in [6.45, 7) is 2.38. The first-order chi connectivity index (χ1) is 15.5. The molecule has 3 heterocycles. The molecule has 2 unspecified atom stereocenters. The zero-order chi connectivity index (χ0) is 22.3. The smallest absolute Gasteiger partial charge is 0.246 e. The highest BCUT2D eigenvalue weighted by Crippen LogP contribution is 2.39. The summed E-state index contributed by atoms with van der Waals surface area (Å²) in [6, 6.07) is 13.1. The van der Waals surface area contributed by atoms with Gasteiger partial charge >= 0.3 is 0 Å². The summed E-state index contributed by atoms with van der Waals surface area (Å²) >= 11 is 0. The molecule has 0 aliphatic carbocycles. The largest absolute Gasteiger partial charge is 0.369 e. The number of hydrogen-bond acceptors (Lipinski definition) is 3. The van der Waals surface area contributed by atoms with Crippen molar-refractivity contribution < 1.29 is 18.7 Å². The second kappa shape index (κ2) is 8.32. The summed E-state index contributed by atoms with van der Waals surface area (Å²) in [7, 11) is 0. The standard InChI is InChI=1S/C26H29FN2O3/c1-17-14-26(16-32-15-23(30)28-26)22-13-19-9-6-11-21(25(19)27)20-10-4-2-7-18(20)8-3-5-12-24(31)29(17)22/h2,4,6-7,9-11,17,22H,3,5,8,12-16H2,1H3,(H,28,30)/t17-,22?,26?/m1/s1. The first-order valence-corrected chi connectivity index (χ1v) is 11.5. The number of morpholine rings is 1. The molecule has 0 saturated carbocycles. The summed E-state index contributed by atoms with van der Waals surface area (Å²) in [5, 5.41) is 3.13. The average molecular weight is 437 g/mol. The van der Waals surface area contributed by atoms with Crippen LogP contribution in [0.25, 0.3) is 11.1 Å². The van der Waals surface area contributed by atoms with Gasteiger partial charge in [-0.25, -0.2) is 4.39 Å². The maximum Gasteiger partial charge on any atom is 0.246 e. The molecule has 0 aromatic heterocycles. The molecule has 3 atom stereocenters. The van der Waals surface area contributed by atoms with E-state index in [-0.39, 0.29) is 36.3 Å². The molecule has 1 N–H and O–H groups in total. The predicted octanol–water partition coefficient (Wildman–Crippen LogP) is 3.64. The van der Waals surface area contributed by atoms with Crippen LogP contribution in [0.2, 0.25) is 0 Å². The lowest BCUT2D eigenvalue weighted by atomic mass is 9.84. The third kappa shape index (κ3) is 3.60. The number of nitrogens with zero attached hydrogens (tertiary/aromatic N) is 1. The third-order valence-electron chi connectivity index (χ3n) is 7.26. The maximum atomic E-state index is 15.9. The molecular formula is C26H29FN2O3. The van der Waals surface area contributed by atoms with Gasteiger partial charge in [0.2, 0.25) is 11.8 Å². The highest BCUT2D eigenvalue weighted by Gasteiger charge is 2.54. The number of halogens is 1. The van der Waals surface area contributed by atoms with Crippen LogP contribution in [0.15, 0.2) is 42.5 Å². The number of nitrogens with one attached hydrogen (secondary N) is 1. The van der Waals surface area contributed by atoms with Crippen LogP contribution in [0.5, 0.6) is 0 Å². The predicted molar refractivity (Wildman–Crippen MR) is 120 cm³/mol. The van der Waals surface area contributed by atoms with Gasteiger partial charge in [0, 0.05) is 18.0 Å². The maximum absolute atomic E-state index is 15.9. The van der Waals surface area contributed by atoms with Crippen LogP contribution in [0, 0.1) is 5.82 Å². The van der Waals surface area contributed by atoms with Gasteiger partial charge in [-0.3, -0.25) is 9.59 Å². The number of amides is 2. The Morgan fingerprint density at radius 3 is 2.62 bits per heavy atom. The number of carbonyl (C=O) groups excluding carboxylic acids is 2. The van der Waals surface area contributed by atoms with Gasteiger partial charge in [0.25, 0.3) is 0 Å². The lowest BCUT2D eigenvalue weighted by Gasteiger charge is -2.41. The van der Waals surface area contributed by atoms with Crippen molar-refractivity contribution in [1.82, 2.24) is 10.2 Å². The van der Waals surface area contributed by atoms with Crippen molar-refractivity contribution in [2.24, 2.45) is 0 Å². The van der Waals surface area contributed by atoms with E-state index in [4.69, 9.17) is 4.74 Å². The van der Waals surface area contributed by atoms with E-state index in [1.54, 1.807) is 6.07 Å². The molecule has 2 saturated heterocycles. The van der Waals surface area contributed by atoms with Crippen molar-refractivity contribution in [3.05, 3.63) is 59.4 Å². The van der Waals surface area contributed by atoms with Crippen molar-refractivity contribution in [3.63, 3.8) is 0 Å². The van der Waals surface area contributed by atoms with Crippen LogP contribution in [0.4, 0.5) is 4.39 Å². The molecule has 0 radical (unpaired) electrons. The molecule has 2 aromatic rings. The van der Waals surface area contributed by atoms with E-state index in [9.17, 15) is 9.59 Å². The minimum atomic E-state index is -0.690. The Hall–Kier alpha value is -2.73. The van der Waals surface area contributed by atoms with Crippen LogP contribution in [0.1, 0.15) is 43.7 Å². The van der Waals surface area contributed by atoms with Gasteiger partial charge in [0.05, 0.1) is 18.2 Å². The van der Waals surface area contributed by atoms with Crippen LogP contribution in [-0.4, -0.2) is 47.6 Å². The molecule has 3 aliphatic rings. The van der Waals surface area contributed by atoms with E-state index >= 15 is 4.39 Å². The Kier molecular flexibility index (Phi) is 5.49. The Morgan fingerprint density at radius 1 is 1.03 bits per heavy atom. The summed E-state index contributed by atoms with van der Waals surface area (Å²) < 4.78 is 21.5. The van der Waals surface area contributed by atoms with Crippen molar-refractivity contribution in [3.8, 4) is 11.1 Å². The quantitative estimate of drug-likeness (QED) is 0.686. The van der Waals surface area contributed by atoms with E-state index < -0.39 is 5.54 Å². The Morgan fingerprint density at radius 2 is 1.78 bits per heavy atom. The highest BCUT2D eigenvalue weighted by atomic mass is 19.1. The fourth-order valence-electron chi connectivity index (χ4n) is 5.89. The Balaban J connectivity index is 1.62. The molecule has 168 valence electrons. The molecular weight excluding hydrogens is 407 g/mol. The Labute approximate surface area is 187 Å². The lowest BCUT2D eigenvalue weighted by molar-refractivity contribution is -0.140. The van der Waals surface area contributed by atoms with E-state index in [1.807, 2.05) is 48.2 Å². The summed E-state index contributed by atoms with van der Waals surface area (Å²) in [4.78, 5) is 27.5. The SMILES string of the molecule is C[C@@H]1CC2(COCC(=O)N2)C2Cc3cccc(c3F)-c3ccccc3CCCCC(=O)N21. The van der Waals surface area contributed by atoms with Crippen molar-refractivity contribution in [2.45, 2.75) is 63.1 Å². The zero-order valence-electron chi connectivity index (χ0n) is 18.4. The van der Waals surface area contributed by atoms with Crippen LogP contribution in [0.3, 0.4) is 0 Å². The normalized spacial score (nSPS) is 28.2. The first kappa shape index (κ1) is 21.1. The zero-order valence-corrected chi connectivity index (χ0v) is 18.4. The fraction of sp³-hybridized carbons (Fsp3) is 0.462. The number of ether oxygens (including phenoxy) is 1. The molecule has 2 aromatic carbocycles. The number of rotatable bonds is 0. The van der Waals surface area contributed by atoms with Crippen LogP contribution in [-0.2, 0) is 27.2 Å². The number of hydrogen-bond donors (Lipinski definition) is 1. The molecule has 1 spiro atoms. The second-order valence-electron chi connectivity index (χ2n) is 9.41. The van der Waals surface area contributed by atoms with Gasteiger partial charge in [-0.05, 0) is 55.7 Å². The van der Waals surface area contributed by atoms with E-state index in [1.165, 1.54) is 0 Å². The third-order valence-corrected chi connectivity index (χ3v) is 7.26. The van der Waals surface area contributed by atoms with Crippen molar-refractivity contribution in [1.29, 1.82) is 0 Å². The van der Waals surface area contributed by atoms with Gasteiger partial charge in [-0.2, -0.15) is 0 Å². The molecule has 32 heavy (non-hydrogen) atoms. The monoisotopic (exact) mass is 436 g/mol. The van der Waals surface area contributed by atoms with Crippen molar-refractivity contribution >= 4 is 11.8 Å². The van der Waals surface area contributed by atoms with E-state index in [2.05, 4.69) is 5.32 Å². The van der Waals surface area contributed by atoms with Gasteiger partial charge < -0.3 is 15.0 Å². The molecule has 6 heteroatoms. The van der Waals surface area contributed by atoms with Gasteiger partial charge in [-0.1, -0.05) is 42.5 Å². The molecule has 2 amide bonds. The van der Waals surface area contributed by atoms with Crippen LogP contribution < -0.4 is 5.32 Å². The molecule has 3 aliphatic heterocycles. The topological polar surface area (TPSA) is 58.6 Å². The van der Waals surface area contributed by atoms with Gasteiger partial charge in [0.15, 0.2) is 0 Å². The van der Waals surface area contributed by atoms with Gasteiger partial charge in [0.1, 0.15) is 12.4 Å². The lowest BCUT2D eigenvalue weighted by Crippen LogP contribution is -2.64. The second-order valence-corrected chi connectivity index (χ2v) is 9.41. The number of benzene rings is 2. The van der Waals surface area contributed by atoms with Gasteiger partial charge in [-0.15, -0.1) is 0 Å². The molecule has 5 rings (SSSR count). The molecule has 2 bridgehead atoms. The number of aryl methyl sites for hydroxylation is 1. The van der Waals surface area contributed by atoms with Crippen LogP contribution >= 0.6 is 0 Å². The molecule has 5 nitrogen and oxygen atoms in total.